The van der Waals surface area contributed by atoms with Crippen LogP contribution in [0.25, 0.3) is 0 Å². The first-order chi connectivity index (χ1) is 8.83. The van der Waals surface area contributed by atoms with Crippen LogP contribution in [-0.2, 0) is 4.79 Å². The summed E-state index contributed by atoms with van der Waals surface area (Å²) in [5, 5.41) is 6.61. The fourth-order valence-electron chi connectivity index (χ4n) is 2.80. The highest BCUT2D eigenvalue weighted by Gasteiger charge is 2.35. The molecule has 1 fully saturated rings. The van der Waals surface area contributed by atoms with Crippen molar-refractivity contribution in [3.63, 3.8) is 0 Å². The van der Waals surface area contributed by atoms with Gasteiger partial charge in [-0.3, -0.25) is 4.79 Å². The van der Waals surface area contributed by atoms with Crippen LogP contribution in [0, 0.1) is 11.3 Å². The van der Waals surface area contributed by atoms with E-state index >= 15 is 0 Å². The predicted molar refractivity (Wildman–Crippen MR) is 80.2 cm³/mol. The first kappa shape index (κ1) is 16.4. The molecule has 0 spiro atoms. The zero-order chi connectivity index (χ0) is 14.5. The van der Waals surface area contributed by atoms with Crippen molar-refractivity contribution in [3.8, 4) is 0 Å². The number of nitrogens with zero attached hydrogens (tertiary/aromatic N) is 1. The average molecular weight is 269 g/mol. The minimum Gasteiger partial charge on any atom is -0.352 e. The lowest BCUT2D eigenvalue weighted by atomic mass is 9.81. The molecule has 1 aliphatic rings. The van der Waals surface area contributed by atoms with E-state index in [1.165, 1.54) is 0 Å². The van der Waals surface area contributed by atoms with Crippen LogP contribution in [0.2, 0.25) is 0 Å². The second kappa shape index (κ2) is 7.25. The zero-order valence-electron chi connectivity index (χ0n) is 13.3. The molecule has 4 heteroatoms. The van der Waals surface area contributed by atoms with Gasteiger partial charge in [0.1, 0.15) is 0 Å². The fourth-order valence-corrected chi connectivity index (χ4v) is 2.80. The number of piperidine rings is 1. The van der Waals surface area contributed by atoms with Gasteiger partial charge >= 0.3 is 0 Å². The van der Waals surface area contributed by atoms with E-state index in [2.05, 4.69) is 50.4 Å². The maximum Gasteiger partial charge on any atom is 0.227 e. The van der Waals surface area contributed by atoms with Crippen molar-refractivity contribution in [2.75, 3.05) is 33.7 Å². The van der Waals surface area contributed by atoms with Crippen molar-refractivity contribution >= 4 is 5.91 Å². The molecule has 0 aliphatic carbocycles. The van der Waals surface area contributed by atoms with Crippen molar-refractivity contribution in [1.82, 2.24) is 15.5 Å². The Morgan fingerprint density at radius 1 is 1.42 bits per heavy atom. The second-order valence-electron chi connectivity index (χ2n) is 6.90. The number of likely N-dealkylation sites (N-methyl/N-ethyl adjacent to an activating group) is 1. The lowest BCUT2D eigenvalue weighted by Crippen LogP contribution is -2.53. The van der Waals surface area contributed by atoms with Gasteiger partial charge in [-0.05, 0) is 52.7 Å². The van der Waals surface area contributed by atoms with E-state index in [4.69, 9.17) is 0 Å². The highest BCUT2D eigenvalue weighted by molar-refractivity contribution is 5.82. The molecule has 1 rings (SSSR count). The minimum atomic E-state index is -0.236. The van der Waals surface area contributed by atoms with Crippen molar-refractivity contribution in [2.24, 2.45) is 11.3 Å². The number of amides is 1. The SMILES string of the molecule is CC(C)CC(CN(C)C)NC(=O)C1(C)CCCNC1. The third kappa shape index (κ3) is 5.49. The zero-order valence-corrected chi connectivity index (χ0v) is 13.3. The molecule has 0 aromatic rings. The Kier molecular flexibility index (Phi) is 6.27. The van der Waals surface area contributed by atoms with Gasteiger partial charge in [-0.1, -0.05) is 13.8 Å². The summed E-state index contributed by atoms with van der Waals surface area (Å²) in [6, 6.07) is 0.251. The number of nitrogens with one attached hydrogen (secondary N) is 2. The molecule has 0 radical (unpaired) electrons. The van der Waals surface area contributed by atoms with Gasteiger partial charge in [-0.15, -0.1) is 0 Å². The number of carbonyl (C=O) groups excluding carboxylic acids is 1. The number of carbonyl (C=O) groups is 1. The lowest BCUT2D eigenvalue weighted by Gasteiger charge is -2.35. The van der Waals surface area contributed by atoms with Gasteiger partial charge in [-0.2, -0.15) is 0 Å². The summed E-state index contributed by atoms with van der Waals surface area (Å²) in [6.07, 6.45) is 3.11. The molecule has 0 saturated carbocycles. The Labute approximate surface area is 118 Å². The Morgan fingerprint density at radius 3 is 2.58 bits per heavy atom. The quantitative estimate of drug-likeness (QED) is 0.767. The van der Waals surface area contributed by atoms with Crippen LogP contribution in [0.1, 0.15) is 40.0 Å². The topological polar surface area (TPSA) is 44.4 Å². The van der Waals surface area contributed by atoms with Crippen molar-refractivity contribution < 1.29 is 4.79 Å². The molecule has 1 heterocycles. The maximum atomic E-state index is 12.5. The molecule has 112 valence electrons. The van der Waals surface area contributed by atoms with Crippen LogP contribution in [0.3, 0.4) is 0 Å². The first-order valence-corrected chi connectivity index (χ1v) is 7.50. The summed E-state index contributed by atoms with van der Waals surface area (Å²) in [7, 11) is 4.12. The summed E-state index contributed by atoms with van der Waals surface area (Å²) in [5.41, 5.74) is -0.236. The third-order valence-corrected chi connectivity index (χ3v) is 3.82. The largest absolute Gasteiger partial charge is 0.352 e. The molecule has 19 heavy (non-hydrogen) atoms. The maximum absolute atomic E-state index is 12.5. The number of hydrogen-bond donors (Lipinski definition) is 2. The Balaban J connectivity index is 2.58. The predicted octanol–water partition coefficient (Wildman–Crippen LogP) is 1.47. The Hall–Kier alpha value is -0.610. The molecule has 1 amide bonds. The third-order valence-electron chi connectivity index (χ3n) is 3.82. The van der Waals surface area contributed by atoms with Gasteiger partial charge in [0.15, 0.2) is 0 Å². The molecule has 1 aliphatic heterocycles. The van der Waals surface area contributed by atoms with Crippen LogP contribution < -0.4 is 10.6 Å². The first-order valence-electron chi connectivity index (χ1n) is 7.50. The highest BCUT2D eigenvalue weighted by Crippen LogP contribution is 2.26. The van der Waals surface area contributed by atoms with Gasteiger partial charge in [0.05, 0.1) is 5.41 Å². The van der Waals surface area contributed by atoms with Gasteiger partial charge in [0, 0.05) is 19.1 Å². The minimum absolute atomic E-state index is 0.215. The normalized spacial score (nSPS) is 25.6. The van der Waals surface area contributed by atoms with Gasteiger partial charge in [0.2, 0.25) is 5.91 Å². The Morgan fingerprint density at radius 2 is 2.11 bits per heavy atom. The number of hydrogen-bond acceptors (Lipinski definition) is 3. The molecule has 2 N–H and O–H groups in total. The average Bonchev–Trinajstić information content (AvgIpc) is 2.27. The van der Waals surface area contributed by atoms with Crippen LogP contribution in [0.4, 0.5) is 0 Å². The summed E-state index contributed by atoms with van der Waals surface area (Å²) in [6.45, 7) is 9.24. The van der Waals surface area contributed by atoms with E-state index in [-0.39, 0.29) is 17.4 Å². The van der Waals surface area contributed by atoms with Crippen molar-refractivity contribution in [3.05, 3.63) is 0 Å². The van der Waals surface area contributed by atoms with Crippen LogP contribution >= 0.6 is 0 Å². The summed E-state index contributed by atoms with van der Waals surface area (Å²) in [4.78, 5) is 14.7. The van der Waals surface area contributed by atoms with Crippen LogP contribution in [0.5, 0.6) is 0 Å². The van der Waals surface area contributed by atoms with Crippen molar-refractivity contribution in [1.29, 1.82) is 0 Å². The van der Waals surface area contributed by atoms with E-state index in [1.807, 2.05) is 0 Å². The summed E-state index contributed by atoms with van der Waals surface area (Å²) in [5.74, 6) is 0.815. The van der Waals surface area contributed by atoms with Crippen LogP contribution in [0.15, 0.2) is 0 Å². The van der Waals surface area contributed by atoms with E-state index in [9.17, 15) is 4.79 Å². The van der Waals surface area contributed by atoms with E-state index in [1.54, 1.807) is 0 Å². The molecule has 2 unspecified atom stereocenters. The molecule has 4 nitrogen and oxygen atoms in total. The Bertz CT molecular complexity index is 273. The standard InChI is InChI=1S/C15H31N3O/c1-12(2)9-13(10-18(4)5)17-14(19)15(3)7-6-8-16-11-15/h12-13,16H,6-11H2,1-5H3,(H,17,19). The summed E-state index contributed by atoms with van der Waals surface area (Å²) < 4.78 is 0. The number of rotatable bonds is 6. The van der Waals surface area contributed by atoms with Gasteiger partial charge in [0.25, 0.3) is 0 Å². The molecule has 0 aromatic heterocycles. The smallest absolute Gasteiger partial charge is 0.227 e. The fraction of sp³-hybridized carbons (Fsp3) is 0.933. The van der Waals surface area contributed by atoms with E-state index in [0.29, 0.717) is 5.92 Å². The molecule has 1 saturated heterocycles. The van der Waals surface area contributed by atoms with E-state index in [0.717, 1.165) is 38.9 Å². The summed E-state index contributed by atoms with van der Waals surface area (Å²) >= 11 is 0. The van der Waals surface area contributed by atoms with Gasteiger partial charge in [-0.25, -0.2) is 0 Å². The van der Waals surface area contributed by atoms with Crippen molar-refractivity contribution in [2.45, 2.75) is 46.1 Å². The van der Waals surface area contributed by atoms with E-state index < -0.39 is 0 Å². The molecule has 0 bridgehead atoms. The molecular formula is C15H31N3O. The molecule has 2 atom stereocenters. The highest BCUT2D eigenvalue weighted by atomic mass is 16.2. The molecule has 0 aromatic carbocycles. The van der Waals surface area contributed by atoms with Crippen LogP contribution in [-0.4, -0.2) is 50.6 Å². The second-order valence-corrected chi connectivity index (χ2v) is 6.90. The lowest BCUT2D eigenvalue weighted by molar-refractivity contribution is -0.132. The van der Waals surface area contributed by atoms with Gasteiger partial charge < -0.3 is 15.5 Å². The molecular weight excluding hydrogens is 238 g/mol. The monoisotopic (exact) mass is 269 g/mol.